The largest absolute Gasteiger partial charge is 0.317 e. The van der Waals surface area contributed by atoms with Crippen LogP contribution < -0.4 is 5.32 Å². The Hall–Kier alpha value is 0.250. The van der Waals surface area contributed by atoms with E-state index in [0.29, 0.717) is 0 Å². The lowest BCUT2D eigenvalue weighted by Crippen LogP contribution is -2.30. The molecule has 1 nitrogen and oxygen atoms in total. The normalized spacial score (nSPS) is 22.4. The fourth-order valence-corrected chi connectivity index (χ4v) is 1.75. The molecule has 1 N–H and O–H groups in total. The molecule has 0 saturated carbocycles. The van der Waals surface area contributed by atoms with Gasteiger partial charge in [0.05, 0.1) is 0 Å². The van der Waals surface area contributed by atoms with Crippen molar-refractivity contribution in [2.45, 2.75) is 33.1 Å². The van der Waals surface area contributed by atoms with Crippen molar-refractivity contribution in [2.75, 3.05) is 13.1 Å². The predicted molar refractivity (Wildman–Crippen MR) is 52.3 cm³/mol. The third-order valence-corrected chi connectivity index (χ3v) is 2.83. The number of piperidine rings is 1. The molecule has 1 aliphatic rings. The summed E-state index contributed by atoms with van der Waals surface area (Å²) in [6.45, 7) is 7.17. The molecule has 1 aliphatic heterocycles. The number of rotatable bonds is 2. The van der Waals surface area contributed by atoms with Crippen LogP contribution in [-0.2, 0) is 0 Å². The SMILES string of the molecule is CCC(C)C1CCNCC1.Cl. The van der Waals surface area contributed by atoms with Gasteiger partial charge in [0.15, 0.2) is 0 Å². The predicted octanol–water partition coefficient (Wildman–Crippen LogP) is 2.45. The van der Waals surface area contributed by atoms with Crippen LogP contribution in [0.4, 0.5) is 0 Å². The van der Waals surface area contributed by atoms with Gasteiger partial charge in [-0.25, -0.2) is 0 Å². The Morgan fingerprint density at radius 3 is 2.36 bits per heavy atom. The smallest absolute Gasteiger partial charge is 0.00462 e. The average Bonchev–Trinajstić information content (AvgIpc) is 2.05. The Morgan fingerprint density at radius 1 is 1.36 bits per heavy atom. The van der Waals surface area contributed by atoms with Crippen LogP contribution in [0.15, 0.2) is 0 Å². The van der Waals surface area contributed by atoms with Gasteiger partial charge in [-0.2, -0.15) is 0 Å². The van der Waals surface area contributed by atoms with Crippen LogP contribution in [0.5, 0.6) is 0 Å². The van der Waals surface area contributed by atoms with Gasteiger partial charge in [-0.15, -0.1) is 12.4 Å². The molecule has 0 aromatic heterocycles. The molecule has 68 valence electrons. The lowest BCUT2D eigenvalue weighted by atomic mass is 9.85. The Balaban J connectivity index is 0.000001000. The molecule has 1 heterocycles. The molecule has 11 heavy (non-hydrogen) atoms. The second kappa shape index (κ2) is 5.84. The molecule has 1 saturated heterocycles. The molecule has 0 aliphatic carbocycles. The third kappa shape index (κ3) is 3.44. The van der Waals surface area contributed by atoms with Crippen molar-refractivity contribution in [3.8, 4) is 0 Å². The molecule has 1 unspecified atom stereocenters. The van der Waals surface area contributed by atoms with Crippen LogP contribution in [0.25, 0.3) is 0 Å². The van der Waals surface area contributed by atoms with E-state index in [2.05, 4.69) is 19.2 Å². The lowest BCUT2D eigenvalue weighted by molar-refractivity contribution is 0.270. The third-order valence-electron chi connectivity index (χ3n) is 2.83. The zero-order chi connectivity index (χ0) is 7.40. The van der Waals surface area contributed by atoms with E-state index in [1.807, 2.05) is 0 Å². The van der Waals surface area contributed by atoms with E-state index in [4.69, 9.17) is 0 Å². The maximum absolute atomic E-state index is 3.39. The number of hydrogen-bond acceptors (Lipinski definition) is 1. The summed E-state index contributed by atoms with van der Waals surface area (Å²) < 4.78 is 0. The maximum atomic E-state index is 3.39. The lowest BCUT2D eigenvalue weighted by Gasteiger charge is -2.27. The van der Waals surface area contributed by atoms with Gasteiger partial charge in [0.25, 0.3) is 0 Å². The van der Waals surface area contributed by atoms with E-state index in [0.717, 1.165) is 11.8 Å². The summed E-state index contributed by atoms with van der Waals surface area (Å²) >= 11 is 0. The van der Waals surface area contributed by atoms with Crippen molar-refractivity contribution in [2.24, 2.45) is 11.8 Å². The molecule has 1 atom stereocenters. The highest BCUT2D eigenvalue weighted by atomic mass is 35.5. The van der Waals surface area contributed by atoms with Crippen LogP contribution >= 0.6 is 12.4 Å². The van der Waals surface area contributed by atoms with Crippen molar-refractivity contribution >= 4 is 12.4 Å². The highest BCUT2D eigenvalue weighted by Crippen LogP contribution is 2.23. The van der Waals surface area contributed by atoms with E-state index < -0.39 is 0 Å². The minimum absolute atomic E-state index is 0. The topological polar surface area (TPSA) is 12.0 Å². The van der Waals surface area contributed by atoms with Crippen molar-refractivity contribution in [3.63, 3.8) is 0 Å². The monoisotopic (exact) mass is 177 g/mol. The van der Waals surface area contributed by atoms with Gasteiger partial charge in [0, 0.05) is 0 Å². The number of halogens is 1. The first kappa shape index (κ1) is 11.2. The van der Waals surface area contributed by atoms with Crippen LogP contribution in [-0.4, -0.2) is 13.1 Å². The molecule has 0 spiro atoms. The summed E-state index contributed by atoms with van der Waals surface area (Å²) in [5.74, 6) is 1.95. The summed E-state index contributed by atoms with van der Waals surface area (Å²) in [5.41, 5.74) is 0. The molecule has 2 heteroatoms. The maximum Gasteiger partial charge on any atom is -0.00462 e. The summed E-state index contributed by atoms with van der Waals surface area (Å²) in [5, 5.41) is 3.39. The standard InChI is InChI=1S/C9H19N.ClH/c1-3-8(2)9-4-6-10-7-5-9;/h8-10H,3-7H2,1-2H3;1H. The Kier molecular flexibility index (Phi) is 5.98. The van der Waals surface area contributed by atoms with E-state index in [9.17, 15) is 0 Å². The summed E-state index contributed by atoms with van der Waals surface area (Å²) in [6.07, 6.45) is 4.15. The molecule has 0 aromatic carbocycles. The van der Waals surface area contributed by atoms with Crippen LogP contribution in [0.3, 0.4) is 0 Å². The first-order valence-corrected chi connectivity index (χ1v) is 4.55. The van der Waals surface area contributed by atoms with Gasteiger partial charge in [0.2, 0.25) is 0 Å². The fourth-order valence-electron chi connectivity index (χ4n) is 1.75. The van der Waals surface area contributed by atoms with Crippen LogP contribution in [0.1, 0.15) is 33.1 Å². The number of nitrogens with one attached hydrogen (secondary N) is 1. The highest BCUT2D eigenvalue weighted by molar-refractivity contribution is 5.85. The van der Waals surface area contributed by atoms with Crippen molar-refractivity contribution in [1.29, 1.82) is 0 Å². The Bertz CT molecular complexity index is 89.6. The fraction of sp³-hybridized carbons (Fsp3) is 1.00. The van der Waals surface area contributed by atoms with Gasteiger partial charge in [-0.3, -0.25) is 0 Å². The van der Waals surface area contributed by atoms with Gasteiger partial charge < -0.3 is 5.32 Å². The first-order valence-electron chi connectivity index (χ1n) is 4.55. The first-order chi connectivity index (χ1) is 4.84. The molecule has 0 aromatic rings. The quantitative estimate of drug-likeness (QED) is 0.684. The summed E-state index contributed by atoms with van der Waals surface area (Å²) in [7, 11) is 0. The molecule has 1 rings (SSSR count). The highest BCUT2D eigenvalue weighted by Gasteiger charge is 2.17. The van der Waals surface area contributed by atoms with Gasteiger partial charge >= 0.3 is 0 Å². The summed E-state index contributed by atoms with van der Waals surface area (Å²) in [6, 6.07) is 0. The summed E-state index contributed by atoms with van der Waals surface area (Å²) in [4.78, 5) is 0. The van der Waals surface area contributed by atoms with E-state index in [1.54, 1.807) is 0 Å². The molecular formula is C9H20ClN. The Morgan fingerprint density at radius 2 is 1.91 bits per heavy atom. The van der Waals surface area contributed by atoms with Gasteiger partial charge in [-0.05, 0) is 37.8 Å². The molecular weight excluding hydrogens is 158 g/mol. The molecule has 0 amide bonds. The van der Waals surface area contributed by atoms with E-state index in [1.165, 1.54) is 32.4 Å². The zero-order valence-electron chi connectivity index (χ0n) is 7.60. The molecule has 0 bridgehead atoms. The van der Waals surface area contributed by atoms with Crippen molar-refractivity contribution in [3.05, 3.63) is 0 Å². The van der Waals surface area contributed by atoms with E-state index in [-0.39, 0.29) is 12.4 Å². The Labute approximate surface area is 76.4 Å². The minimum atomic E-state index is 0. The molecule has 0 radical (unpaired) electrons. The van der Waals surface area contributed by atoms with Crippen LogP contribution in [0, 0.1) is 11.8 Å². The zero-order valence-corrected chi connectivity index (χ0v) is 8.41. The van der Waals surface area contributed by atoms with Crippen LogP contribution in [0.2, 0.25) is 0 Å². The minimum Gasteiger partial charge on any atom is -0.317 e. The van der Waals surface area contributed by atoms with Crippen molar-refractivity contribution in [1.82, 2.24) is 5.32 Å². The van der Waals surface area contributed by atoms with Crippen molar-refractivity contribution < 1.29 is 0 Å². The average molecular weight is 178 g/mol. The van der Waals surface area contributed by atoms with Gasteiger partial charge in [0.1, 0.15) is 0 Å². The van der Waals surface area contributed by atoms with Gasteiger partial charge in [-0.1, -0.05) is 20.3 Å². The molecule has 1 fully saturated rings. The second-order valence-corrected chi connectivity index (χ2v) is 3.47. The van der Waals surface area contributed by atoms with E-state index >= 15 is 0 Å². The second-order valence-electron chi connectivity index (χ2n) is 3.47. The number of hydrogen-bond donors (Lipinski definition) is 1.